The molecular formula is C49H44Cl2FN11O3. The number of amides is 2. The molecule has 0 saturated heterocycles. The highest BCUT2D eigenvalue weighted by Gasteiger charge is 2.26. The van der Waals surface area contributed by atoms with Crippen molar-refractivity contribution in [2.24, 2.45) is 5.73 Å². The van der Waals surface area contributed by atoms with E-state index in [9.17, 15) is 29.3 Å². The van der Waals surface area contributed by atoms with Gasteiger partial charge in [0.2, 0.25) is 11.6 Å². The van der Waals surface area contributed by atoms with Crippen LogP contribution in [-0.2, 0) is 0 Å². The van der Waals surface area contributed by atoms with Crippen molar-refractivity contribution >= 4 is 58.1 Å². The molecule has 0 unspecified atom stereocenters. The molecule has 0 aliphatic heterocycles. The van der Waals surface area contributed by atoms with Gasteiger partial charge in [-0.05, 0) is 106 Å². The zero-order valence-corrected chi connectivity index (χ0v) is 37.4. The van der Waals surface area contributed by atoms with Crippen LogP contribution in [0.3, 0.4) is 0 Å². The standard InChI is InChI=1S/C28H24ClFN6O2.C21H20ClN5O/c1-18-3-5-19(6-4-18)26(37)25-24(17-31)27(36(35-25)23-13-7-20(29)8-14-23)32-15-2-16-33-28(38)34-22-11-9-21(30)10-12-22;1-14-3-5-15(6-4-14)20(28)19-18(13-24)21(25-12-2-11-23)27(26-19)17-9-7-16(22)8-10-17/h3-14,32H,2,15-16H2,1H3,(H2,33,34,38);3-10,25H,2,11-12,23H2,1H3. The van der Waals surface area contributed by atoms with E-state index in [1.54, 1.807) is 77.5 Å². The topological polar surface area (TPSA) is 209 Å². The Balaban J connectivity index is 0.000000229. The van der Waals surface area contributed by atoms with Crippen LogP contribution in [0.4, 0.5) is 26.5 Å². The number of ketones is 2. The Hall–Kier alpha value is -7.82. The summed E-state index contributed by atoms with van der Waals surface area (Å²) < 4.78 is 16.1. The molecule has 2 amide bonds. The summed E-state index contributed by atoms with van der Waals surface area (Å²) in [6.45, 7) is 5.65. The summed E-state index contributed by atoms with van der Waals surface area (Å²) >= 11 is 12.0. The average molecular weight is 925 g/mol. The van der Waals surface area contributed by atoms with E-state index in [2.05, 4.69) is 43.6 Å². The first-order valence-corrected chi connectivity index (χ1v) is 21.4. The summed E-state index contributed by atoms with van der Waals surface area (Å²) in [5, 5.41) is 41.5. The third-order valence-corrected chi connectivity index (χ3v) is 10.4. The number of aromatic nitrogens is 4. The summed E-state index contributed by atoms with van der Waals surface area (Å²) in [6.07, 6.45) is 1.23. The minimum absolute atomic E-state index is 0.0330. The predicted octanol–water partition coefficient (Wildman–Crippen LogP) is 9.40. The van der Waals surface area contributed by atoms with E-state index in [1.807, 2.05) is 38.1 Å². The van der Waals surface area contributed by atoms with E-state index >= 15 is 0 Å². The highest BCUT2D eigenvalue weighted by Crippen LogP contribution is 2.28. The monoisotopic (exact) mass is 923 g/mol. The van der Waals surface area contributed by atoms with Gasteiger partial charge in [0.1, 0.15) is 40.7 Å². The number of hydrogen-bond acceptors (Lipinski definition) is 10. The van der Waals surface area contributed by atoms with Gasteiger partial charge in [-0.25, -0.2) is 18.5 Å². The Labute approximate surface area is 390 Å². The number of carbonyl (C=O) groups is 3. The average Bonchev–Trinajstić information content (AvgIpc) is 3.88. The maximum atomic E-state index is 13.3. The van der Waals surface area contributed by atoms with Crippen LogP contribution in [-0.4, -0.2) is 63.3 Å². The van der Waals surface area contributed by atoms with Crippen LogP contribution in [0, 0.1) is 42.3 Å². The van der Waals surface area contributed by atoms with Gasteiger partial charge in [0, 0.05) is 46.5 Å². The van der Waals surface area contributed by atoms with Crippen molar-refractivity contribution in [2.75, 3.05) is 42.1 Å². The van der Waals surface area contributed by atoms with Crippen LogP contribution in [0.2, 0.25) is 10.0 Å². The molecule has 0 spiro atoms. The molecule has 14 nitrogen and oxygen atoms in total. The molecule has 2 aromatic heterocycles. The van der Waals surface area contributed by atoms with Crippen molar-refractivity contribution < 1.29 is 18.8 Å². The van der Waals surface area contributed by atoms with Gasteiger partial charge in [0.15, 0.2) is 11.4 Å². The molecule has 0 aliphatic carbocycles. The molecule has 66 heavy (non-hydrogen) atoms. The number of nitriles is 2. The van der Waals surface area contributed by atoms with E-state index in [0.29, 0.717) is 82.5 Å². The molecule has 0 radical (unpaired) electrons. The Kier molecular flexibility index (Phi) is 16.4. The van der Waals surface area contributed by atoms with Gasteiger partial charge in [-0.3, -0.25) is 9.59 Å². The Morgan fingerprint density at radius 3 is 1.45 bits per heavy atom. The summed E-state index contributed by atoms with van der Waals surface area (Å²) in [4.78, 5) is 38.4. The van der Waals surface area contributed by atoms with E-state index < -0.39 is 6.03 Å². The van der Waals surface area contributed by atoms with E-state index in [0.717, 1.165) is 17.5 Å². The molecule has 7 rings (SSSR count). The molecule has 0 bridgehead atoms. The number of carbonyl (C=O) groups excluding carboxylic acids is 3. The van der Waals surface area contributed by atoms with Crippen molar-refractivity contribution in [2.45, 2.75) is 26.7 Å². The largest absolute Gasteiger partial charge is 0.369 e. The lowest BCUT2D eigenvalue weighted by Gasteiger charge is -2.11. The lowest BCUT2D eigenvalue weighted by molar-refractivity contribution is 0.102. The van der Waals surface area contributed by atoms with Crippen LogP contribution >= 0.6 is 23.2 Å². The highest BCUT2D eigenvalue weighted by molar-refractivity contribution is 6.30. The number of halogens is 3. The van der Waals surface area contributed by atoms with Gasteiger partial charge < -0.3 is 27.0 Å². The smallest absolute Gasteiger partial charge is 0.319 e. The third kappa shape index (κ3) is 12.0. The first-order chi connectivity index (χ1) is 31.9. The number of nitrogens with one attached hydrogen (secondary N) is 4. The number of anilines is 3. The van der Waals surface area contributed by atoms with Crippen molar-refractivity contribution in [3.8, 4) is 23.5 Å². The molecule has 0 fully saturated rings. The summed E-state index contributed by atoms with van der Waals surface area (Å²) in [7, 11) is 0. The van der Waals surface area contributed by atoms with Crippen LogP contribution in [0.25, 0.3) is 11.4 Å². The zero-order valence-electron chi connectivity index (χ0n) is 35.9. The number of benzene rings is 5. The highest BCUT2D eigenvalue weighted by atomic mass is 35.5. The molecule has 6 N–H and O–H groups in total. The summed E-state index contributed by atoms with van der Waals surface area (Å²) in [5.41, 5.74) is 10.8. The van der Waals surface area contributed by atoms with Crippen LogP contribution in [0.15, 0.2) is 121 Å². The fourth-order valence-electron chi connectivity index (χ4n) is 6.43. The fourth-order valence-corrected chi connectivity index (χ4v) is 6.68. The molecule has 5 aromatic carbocycles. The van der Waals surface area contributed by atoms with E-state index in [1.165, 1.54) is 28.9 Å². The number of nitrogens with zero attached hydrogens (tertiary/aromatic N) is 6. The summed E-state index contributed by atoms with van der Waals surface area (Å²) in [6, 6.07) is 37.4. The van der Waals surface area contributed by atoms with Crippen molar-refractivity contribution in [3.05, 3.63) is 182 Å². The summed E-state index contributed by atoms with van der Waals surface area (Å²) in [5.74, 6) is -0.224. The van der Waals surface area contributed by atoms with Crippen molar-refractivity contribution in [3.63, 3.8) is 0 Å². The molecule has 0 saturated carbocycles. The second kappa shape index (κ2) is 22.7. The van der Waals surface area contributed by atoms with Crippen LogP contribution < -0.4 is 27.0 Å². The maximum Gasteiger partial charge on any atom is 0.319 e. The van der Waals surface area contributed by atoms with E-state index in [-0.39, 0.29) is 39.9 Å². The van der Waals surface area contributed by atoms with Gasteiger partial charge in [-0.1, -0.05) is 82.9 Å². The van der Waals surface area contributed by atoms with Crippen LogP contribution in [0.1, 0.15) is 67.2 Å². The molecular weight excluding hydrogens is 881 g/mol. The Morgan fingerprint density at radius 1 is 0.621 bits per heavy atom. The Morgan fingerprint density at radius 2 is 1.05 bits per heavy atom. The molecule has 0 atom stereocenters. The van der Waals surface area contributed by atoms with E-state index in [4.69, 9.17) is 28.9 Å². The van der Waals surface area contributed by atoms with Gasteiger partial charge in [0.05, 0.1) is 11.4 Å². The normalized spacial score (nSPS) is 10.5. The Bertz CT molecular complexity index is 2890. The van der Waals surface area contributed by atoms with Gasteiger partial charge >= 0.3 is 6.03 Å². The first kappa shape index (κ1) is 47.7. The van der Waals surface area contributed by atoms with Crippen molar-refractivity contribution in [1.82, 2.24) is 24.9 Å². The third-order valence-electron chi connectivity index (χ3n) is 9.90. The van der Waals surface area contributed by atoms with Crippen LogP contribution in [0.5, 0.6) is 0 Å². The predicted molar refractivity (Wildman–Crippen MR) is 254 cm³/mol. The lowest BCUT2D eigenvalue weighted by Crippen LogP contribution is -2.30. The quantitative estimate of drug-likeness (QED) is 0.0458. The number of rotatable bonds is 16. The zero-order chi connectivity index (χ0) is 47.2. The SMILES string of the molecule is Cc1ccc(C(=O)c2nn(-c3ccc(Cl)cc3)c(NCCCN)c2C#N)cc1.Cc1ccc(C(=O)c2nn(-c3ccc(Cl)cc3)c(NCCCNC(=O)Nc3ccc(F)cc3)c2C#N)cc1. The first-order valence-electron chi connectivity index (χ1n) is 20.7. The molecule has 0 aliphatic rings. The van der Waals surface area contributed by atoms with Gasteiger partial charge in [0.25, 0.3) is 0 Å². The number of nitrogens with two attached hydrogens (primary N) is 1. The second-order valence-corrected chi connectivity index (χ2v) is 15.6. The molecule has 7 aromatic rings. The number of hydrogen-bond donors (Lipinski definition) is 5. The van der Waals surface area contributed by atoms with Gasteiger partial charge in [-0.15, -0.1) is 0 Å². The minimum atomic E-state index is -0.425. The number of aryl methyl sites for hydroxylation is 2. The van der Waals surface area contributed by atoms with Crippen molar-refractivity contribution in [1.29, 1.82) is 10.5 Å². The maximum absolute atomic E-state index is 13.3. The molecule has 334 valence electrons. The minimum Gasteiger partial charge on any atom is -0.369 e. The second-order valence-electron chi connectivity index (χ2n) is 14.8. The molecule has 2 heterocycles. The van der Waals surface area contributed by atoms with Gasteiger partial charge in [-0.2, -0.15) is 20.7 Å². The fraction of sp³-hybridized carbons (Fsp3) is 0.163. The molecule has 17 heteroatoms. The number of urea groups is 1. The lowest BCUT2D eigenvalue weighted by atomic mass is 10.0.